The van der Waals surface area contributed by atoms with Crippen molar-refractivity contribution < 1.29 is 29.6 Å². The van der Waals surface area contributed by atoms with E-state index < -0.39 is 22.7 Å². The smallest absolute Gasteiger partial charge is 0.238 e. The molecule has 4 rings (SSSR count). The van der Waals surface area contributed by atoms with Crippen LogP contribution in [0.2, 0.25) is 0 Å². The highest BCUT2D eigenvalue weighted by Crippen LogP contribution is 2.38. The number of aryl methyl sites for hydroxylation is 1. The summed E-state index contributed by atoms with van der Waals surface area (Å²) in [6.45, 7) is 2.21. The van der Waals surface area contributed by atoms with Crippen molar-refractivity contribution in [3.05, 3.63) is 75.9 Å². The average molecular weight is 406 g/mol. The van der Waals surface area contributed by atoms with Gasteiger partial charge in [0.1, 0.15) is 29.1 Å². The molecule has 3 aromatic carbocycles. The van der Waals surface area contributed by atoms with Gasteiger partial charge >= 0.3 is 0 Å². The van der Waals surface area contributed by atoms with E-state index in [1.165, 1.54) is 24.3 Å². The number of aromatic hydroxyl groups is 4. The Bertz CT molecular complexity index is 1320. The van der Waals surface area contributed by atoms with Crippen molar-refractivity contribution in [3.8, 4) is 40.1 Å². The van der Waals surface area contributed by atoms with Crippen LogP contribution in [0.1, 0.15) is 11.1 Å². The minimum Gasteiger partial charge on any atom is -0.507 e. The molecule has 0 aliphatic heterocycles. The number of rotatable bonds is 4. The number of ether oxygens (including phenoxy) is 1. The summed E-state index contributed by atoms with van der Waals surface area (Å²) in [4.78, 5) is 12.6. The van der Waals surface area contributed by atoms with E-state index in [1.54, 1.807) is 0 Å². The van der Waals surface area contributed by atoms with Gasteiger partial charge in [0.2, 0.25) is 11.2 Å². The summed E-state index contributed by atoms with van der Waals surface area (Å²) in [6, 6.07) is 14.2. The number of hydrogen-bond acceptors (Lipinski definition) is 7. The molecule has 4 aromatic rings. The fraction of sp³-hybridized carbons (Fsp3) is 0.0870. The Morgan fingerprint density at radius 1 is 0.900 bits per heavy atom. The number of fused-ring (bicyclic) bond motifs is 1. The highest BCUT2D eigenvalue weighted by molar-refractivity contribution is 5.88. The monoisotopic (exact) mass is 406 g/mol. The third-order valence-corrected chi connectivity index (χ3v) is 4.65. The van der Waals surface area contributed by atoms with Crippen LogP contribution in [0, 0.1) is 6.92 Å². The maximum Gasteiger partial charge on any atom is 0.238 e. The van der Waals surface area contributed by atoms with Crippen LogP contribution in [0.15, 0.2) is 63.8 Å². The van der Waals surface area contributed by atoms with Gasteiger partial charge in [0.25, 0.3) is 0 Å². The lowest BCUT2D eigenvalue weighted by Gasteiger charge is -2.11. The van der Waals surface area contributed by atoms with E-state index in [1.807, 2.05) is 31.2 Å². The zero-order valence-corrected chi connectivity index (χ0v) is 15.9. The van der Waals surface area contributed by atoms with Crippen molar-refractivity contribution in [2.24, 2.45) is 0 Å². The number of benzene rings is 3. The fourth-order valence-corrected chi connectivity index (χ4v) is 3.18. The number of phenols is 3. The summed E-state index contributed by atoms with van der Waals surface area (Å²) in [5.74, 6) is -1.85. The van der Waals surface area contributed by atoms with E-state index in [0.717, 1.165) is 17.2 Å². The van der Waals surface area contributed by atoms with Crippen molar-refractivity contribution in [3.63, 3.8) is 0 Å². The molecule has 4 N–H and O–H groups in total. The van der Waals surface area contributed by atoms with Crippen LogP contribution >= 0.6 is 0 Å². The Balaban J connectivity index is 1.78. The Morgan fingerprint density at radius 2 is 1.70 bits per heavy atom. The summed E-state index contributed by atoms with van der Waals surface area (Å²) >= 11 is 0. The second-order valence-corrected chi connectivity index (χ2v) is 6.91. The highest BCUT2D eigenvalue weighted by atomic mass is 16.5. The lowest BCUT2D eigenvalue weighted by Crippen LogP contribution is -2.04. The molecule has 30 heavy (non-hydrogen) atoms. The molecule has 0 radical (unpaired) electrons. The molecular weight excluding hydrogens is 388 g/mol. The van der Waals surface area contributed by atoms with Crippen molar-refractivity contribution in [1.29, 1.82) is 0 Å². The topological polar surface area (TPSA) is 120 Å². The fourth-order valence-electron chi connectivity index (χ4n) is 3.18. The first-order chi connectivity index (χ1) is 14.3. The molecule has 7 heteroatoms. The summed E-state index contributed by atoms with van der Waals surface area (Å²) in [6.07, 6.45) is 0. The van der Waals surface area contributed by atoms with Crippen molar-refractivity contribution in [2.45, 2.75) is 13.5 Å². The van der Waals surface area contributed by atoms with Crippen LogP contribution in [0.3, 0.4) is 0 Å². The molecule has 0 aliphatic carbocycles. The quantitative estimate of drug-likeness (QED) is 0.375. The first-order valence-corrected chi connectivity index (χ1v) is 9.07. The molecule has 7 nitrogen and oxygen atoms in total. The van der Waals surface area contributed by atoms with E-state index in [-0.39, 0.29) is 40.4 Å². The van der Waals surface area contributed by atoms with Gasteiger partial charge < -0.3 is 29.6 Å². The molecule has 0 unspecified atom stereocenters. The number of hydrogen-bond donors (Lipinski definition) is 4. The van der Waals surface area contributed by atoms with Gasteiger partial charge in [-0.25, -0.2) is 0 Å². The molecule has 0 atom stereocenters. The van der Waals surface area contributed by atoms with Gasteiger partial charge in [-0.15, -0.1) is 0 Å². The predicted molar refractivity (Wildman–Crippen MR) is 110 cm³/mol. The first kappa shape index (κ1) is 19.2. The Kier molecular flexibility index (Phi) is 4.71. The minimum atomic E-state index is -0.832. The molecular formula is C23H18O7. The second-order valence-electron chi connectivity index (χ2n) is 6.91. The molecule has 0 bridgehead atoms. The summed E-state index contributed by atoms with van der Waals surface area (Å²) in [5, 5.41) is 39.6. The van der Waals surface area contributed by atoms with Gasteiger partial charge in [-0.1, -0.05) is 29.8 Å². The normalized spacial score (nSPS) is 11.0. The van der Waals surface area contributed by atoms with E-state index in [0.29, 0.717) is 0 Å². The Labute approximate surface area is 170 Å². The maximum atomic E-state index is 12.6. The van der Waals surface area contributed by atoms with Crippen LogP contribution in [-0.2, 0) is 6.61 Å². The van der Waals surface area contributed by atoms with Gasteiger partial charge in [0.15, 0.2) is 17.3 Å². The van der Waals surface area contributed by atoms with Gasteiger partial charge in [-0.2, -0.15) is 0 Å². The van der Waals surface area contributed by atoms with Crippen LogP contribution in [0.5, 0.6) is 28.7 Å². The Morgan fingerprint density at radius 3 is 2.43 bits per heavy atom. The van der Waals surface area contributed by atoms with Crippen molar-refractivity contribution in [2.75, 3.05) is 0 Å². The van der Waals surface area contributed by atoms with Crippen molar-refractivity contribution in [1.82, 2.24) is 0 Å². The Hall–Kier alpha value is -4.13. The van der Waals surface area contributed by atoms with Gasteiger partial charge in [0.05, 0.1) is 0 Å². The molecule has 1 aromatic heterocycles. The highest BCUT2D eigenvalue weighted by Gasteiger charge is 2.20. The molecule has 0 aliphatic rings. The number of phenolic OH excluding ortho intramolecular Hbond substituents is 3. The van der Waals surface area contributed by atoms with E-state index >= 15 is 0 Å². The van der Waals surface area contributed by atoms with E-state index in [2.05, 4.69) is 0 Å². The third kappa shape index (κ3) is 3.48. The predicted octanol–water partition coefficient (Wildman–Crippen LogP) is 4.17. The second kappa shape index (κ2) is 7.36. The van der Waals surface area contributed by atoms with Crippen LogP contribution in [0.25, 0.3) is 22.3 Å². The largest absolute Gasteiger partial charge is 0.507 e. The van der Waals surface area contributed by atoms with Crippen molar-refractivity contribution >= 4 is 11.0 Å². The lowest BCUT2D eigenvalue weighted by molar-refractivity contribution is 0.304. The molecule has 152 valence electrons. The summed E-state index contributed by atoms with van der Waals surface area (Å²) in [5.41, 5.74) is 1.36. The van der Waals surface area contributed by atoms with Crippen LogP contribution in [-0.4, -0.2) is 20.4 Å². The summed E-state index contributed by atoms with van der Waals surface area (Å²) < 4.78 is 11.4. The molecule has 0 saturated heterocycles. The summed E-state index contributed by atoms with van der Waals surface area (Å²) in [7, 11) is 0. The van der Waals surface area contributed by atoms with E-state index in [9.17, 15) is 25.2 Å². The first-order valence-electron chi connectivity index (χ1n) is 9.07. The molecule has 0 amide bonds. The van der Waals surface area contributed by atoms with Gasteiger partial charge in [0, 0.05) is 17.7 Å². The molecule has 0 saturated carbocycles. The van der Waals surface area contributed by atoms with Gasteiger partial charge in [-0.3, -0.25) is 4.79 Å². The standard InChI is InChI=1S/C23H18O7/c1-12-3-2-4-13(7-12)11-29-15-9-18(26)20-19(10-15)30-23(22(28)21(20)27)14-5-6-16(24)17(25)8-14/h2-10,24-26,28H,11H2,1H3. The van der Waals surface area contributed by atoms with Crippen LogP contribution in [0.4, 0.5) is 0 Å². The lowest BCUT2D eigenvalue weighted by atomic mass is 10.1. The third-order valence-electron chi connectivity index (χ3n) is 4.65. The molecule has 1 heterocycles. The minimum absolute atomic E-state index is 0.000364. The zero-order chi connectivity index (χ0) is 21.4. The van der Waals surface area contributed by atoms with E-state index in [4.69, 9.17) is 9.15 Å². The van der Waals surface area contributed by atoms with Gasteiger partial charge in [-0.05, 0) is 30.7 Å². The SMILES string of the molecule is Cc1cccc(COc2cc(O)c3c(=O)c(O)c(-c4ccc(O)c(O)c4)oc3c2)c1. The average Bonchev–Trinajstić information content (AvgIpc) is 2.71. The van der Waals surface area contributed by atoms with Crippen LogP contribution < -0.4 is 10.2 Å². The maximum absolute atomic E-state index is 12.6. The molecule has 0 spiro atoms. The zero-order valence-electron chi connectivity index (χ0n) is 15.9. The molecule has 0 fully saturated rings.